The van der Waals surface area contributed by atoms with E-state index in [2.05, 4.69) is 0 Å². The Kier molecular flexibility index (Phi) is 3.52. The maximum Gasteiger partial charge on any atom is 0.192 e. The lowest BCUT2D eigenvalue weighted by molar-refractivity contribution is 0.103. The summed E-state index contributed by atoms with van der Waals surface area (Å²) < 4.78 is 31.7. The molecule has 0 saturated heterocycles. The van der Waals surface area contributed by atoms with Gasteiger partial charge in [-0.3, -0.25) is 4.79 Å². The highest BCUT2D eigenvalue weighted by atomic mass is 19.1. The average Bonchev–Trinajstić information content (AvgIpc) is 2.62. The SMILES string of the molecule is O=C1/C(=C/c2ccc(F)cc2)CCOc2ccc(F)cc21. The van der Waals surface area contributed by atoms with Crippen molar-refractivity contribution in [1.29, 1.82) is 0 Å². The minimum absolute atomic E-state index is 0.223. The first-order valence-corrected chi connectivity index (χ1v) is 6.57. The Labute approximate surface area is 120 Å². The summed E-state index contributed by atoms with van der Waals surface area (Å²) in [6, 6.07) is 9.75. The molecule has 0 atom stereocenters. The predicted octanol–water partition coefficient (Wildman–Crippen LogP) is 4.01. The monoisotopic (exact) mass is 286 g/mol. The topological polar surface area (TPSA) is 26.3 Å². The summed E-state index contributed by atoms with van der Waals surface area (Å²) in [5.74, 6) is -0.677. The largest absolute Gasteiger partial charge is 0.492 e. The van der Waals surface area contributed by atoms with Gasteiger partial charge in [0.05, 0.1) is 12.2 Å². The van der Waals surface area contributed by atoms with Gasteiger partial charge in [-0.2, -0.15) is 0 Å². The van der Waals surface area contributed by atoms with Gasteiger partial charge >= 0.3 is 0 Å². The number of Topliss-reactive ketones (excluding diaryl/α,β-unsaturated/α-hetero) is 1. The van der Waals surface area contributed by atoms with E-state index >= 15 is 0 Å². The molecular weight excluding hydrogens is 274 g/mol. The second-order valence-corrected chi connectivity index (χ2v) is 4.79. The van der Waals surface area contributed by atoms with Gasteiger partial charge in [0.2, 0.25) is 0 Å². The van der Waals surface area contributed by atoms with Crippen LogP contribution >= 0.6 is 0 Å². The van der Waals surface area contributed by atoms with Gasteiger partial charge in [-0.25, -0.2) is 8.78 Å². The molecule has 106 valence electrons. The van der Waals surface area contributed by atoms with Crippen molar-refractivity contribution in [2.75, 3.05) is 6.61 Å². The Morgan fingerprint density at radius 3 is 2.48 bits per heavy atom. The first-order valence-electron chi connectivity index (χ1n) is 6.57. The van der Waals surface area contributed by atoms with E-state index in [1.165, 1.54) is 30.3 Å². The third-order valence-electron chi connectivity index (χ3n) is 3.32. The van der Waals surface area contributed by atoms with E-state index in [4.69, 9.17) is 4.74 Å². The fraction of sp³-hybridized carbons (Fsp3) is 0.118. The van der Waals surface area contributed by atoms with Crippen LogP contribution in [0.25, 0.3) is 6.08 Å². The summed E-state index contributed by atoms with van der Waals surface area (Å²) in [4.78, 5) is 12.5. The number of benzene rings is 2. The van der Waals surface area contributed by atoms with Crippen LogP contribution in [0.3, 0.4) is 0 Å². The molecule has 0 bridgehead atoms. The van der Waals surface area contributed by atoms with Crippen molar-refractivity contribution in [3.8, 4) is 5.75 Å². The summed E-state index contributed by atoms with van der Waals surface area (Å²) in [5, 5.41) is 0. The molecule has 1 aliphatic rings. The highest BCUT2D eigenvalue weighted by Gasteiger charge is 2.21. The molecule has 3 rings (SSSR count). The predicted molar refractivity (Wildman–Crippen MR) is 75.2 cm³/mol. The van der Waals surface area contributed by atoms with Crippen LogP contribution in [0.2, 0.25) is 0 Å². The number of halogens is 2. The number of hydrogen-bond acceptors (Lipinski definition) is 2. The third-order valence-corrected chi connectivity index (χ3v) is 3.32. The standard InChI is InChI=1S/C17H12F2O2/c18-13-3-1-11(2-4-13)9-12-7-8-21-16-6-5-14(19)10-15(16)17(12)20/h1-6,9-10H,7-8H2/b12-9+. The molecule has 0 aliphatic carbocycles. The van der Waals surface area contributed by atoms with Crippen LogP contribution in [0.4, 0.5) is 8.78 Å². The molecule has 4 heteroatoms. The van der Waals surface area contributed by atoms with Crippen LogP contribution in [-0.4, -0.2) is 12.4 Å². The molecule has 1 heterocycles. The molecule has 2 nitrogen and oxygen atoms in total. The molecule has 0 spiro atoms. The van der Waals surface area contributed by atoms with E-state index in [0.29, 0.717) is 24.4 Å². The quantitative estimate of drug-likeness (QED) is 0.740. The molecule has 0 fully saturated rings. The fourth-order valence-electron chi connectivity index (χ4n) is 2.26. The minimum atomic E-state index is -0.478. The lowest BCUT2D eigenvalue weighted by Crippen LogP contribution is -2.02. The smallest absolute Gasteiger partial charge is 0.192 e. The molecule has 0 N–H and O–H groups in total. The van der Waals surface area contributed by atoms with Crippen molar-refractivity contribution in [1.82, 2.24) is 0 Å². The van der Waals surface area contributed by atoms with E-state index < -0.39 is 5.82 Å². The Hall–Kier alpha value is -2.49. The summed E-state index contributed by atoms with van der Waals surface area (Å²) in [7, 11) is 0. The van der Waals surface area contributed by atoms with Gasteiger partial charge in [-0.1, -0.05) is 12.1 Å². The number of ketones is 1. The number of rotatable bonds is 1. The molecule has 2 aromatic carbocycles. The zero-order valence-corrected chi connectivity index (χ0v) is 11.1. The van der Waals surface area contributed by atoms with Crippen molar-refractivity contribution in [2.45, 2.75) is 6.42 Å². The molecule has 0 saturated carbocycles. The number of carbonyl (C=O) groups is 1. The Bertz CT molecular complexity index is 718. The highest BCUT2D eigenvalue weighted by molar-refractivity contribution is 6.13. The van der Waals surface area contributed by atoms with Crippen LogP contribution in [0.5, 0.6) is 5.75 Å². The van der Waals surface area contributed by atoms with Gasteiger partial charge in [0.1, 0.15) is 17.4 Å². The normalized spacial score (nSPS) is 16.3. The van der Waals surface area contributed by atoms with Gasteiger partial charge in [0, 0.05) is 12.0 Å². The average molecular weight is 286 g/mol. The summed E-state index contributed by atoms with van der Waals surface area (Å²) in [6.07, 6.45) is 2.11. The van der Waals surface area contributed by atoms with E-state index in [1.54, 1.807) is 18.2 Å². The van der Waals surface area contributed by atoms with Crippen LogP contribution in [0, 0.1) is 11.6 Å². The second kappa shape index (κ2) is 5.48. The van der Waals surface area contributed by atoms with Gasteiger partial charge in [0.15, 0.2) is 5.78 Å². The third kappa shape index (κ3) is 2.84. The van der Waals surface area contributed by atoms with Crippen molar-refractivity contribution in [2.24, 2.45) is 0 Å². The van der Waals surface area contributed by atoms with E-state index in [0.717, 1.165) is 5.56 Å². The zero-order valence-electron chi connectivity index (χ0n) is 11.1. The van der Waals surface area contributed by atoms with Crippen molar-refractivity contribution < 1.29 is 18.3 Å². The van der Waals surface area contributed by atoms with Gasteiger partial charge in [-0.05, 0) is 42.0 Å². The van der Waals surface area contributed by atoms with Gasteiger partial charge in [0.25, 0.3) is 0 Å². The first kappa shape index (κ1) is 13.5. The van der Waals surface area contributed by atoms with Crippen LogP contribution in [0.1, 0.15) is 22.3 Å². The fourth-order valence-corrected chi connectivity index (χ4v) is 2.26. The zero-order chi connectivity index (χ0) is 14.8. The van der Waals surface area contributed by atoms with Crippen molar-refractivity contribution in [3.63, 3.8) is 0 Å². The molecule has 21 heavy (non-hydrogen) atoms. The Morgan fingerprint density at radius 1 is 1.00 bits per heavy atom. The summed E-state index contributed by atoms with van der Waals surface area (Å²) >= 11 is 0. The molecule has 2 aromatic rings. The maximum atomic E-state index is 13.3. The van der Waals surface area contributed by atoms with Gasteiger partial charge in [-0.15, -0.1) is 0 Å². The summed E-state index contributed by atoms with van der Waals surface area (Å²) in [6.45, 7) is 0.345. The number of hydrogen-bond donors (Lipinski definition) is 0. The van der Waals surface area contributed by atoms with E-state index in [1.807, 2.05) is 0 Å². The van der Waals surface area contributed by atoms with Crippen LogP contribution < -0.4 is 4.74 Å². The molecular formula is C17H12F2O2. The lowest BCUT2D eigenvalue weighted by atomic mass is 9.99. The molecule has 1 aliphatic heterocycles. The highest BCUT2D eigenvalue weighted by Crippen LogP contribution is 2.28. The van der Waals surface area contributed by atoms with E-state index in [9.17, 15) is 13.6 Å². The molecule has 0 aromatic heterocycles. The number of fused-ring (bicyclic) bond motifs is 1. The van der Waals surface area contributed by atoms with Crippen molar-refractivity contribution >= 4 is 11.9 Å². The molecule has 0 radical (unpaired) electrons. The Balaban J connectivity index is 2.00. The first-order chi connectivity index (χ1) is 10.1. The lowest BCUT2D eigenvalue weighted by Gasteiger charge is -2.05. The van der Waals surface area contributed by atoms with E-state index in [-0.39, 0.29) is 17.2 Å². The summed E-state index contributed by atoms with van der Waals surface area (Å²) in [5.41, 5.74) is 1.46. The van der Waals surface area contributed by atoms with Gasteiger partial charge < -0.3 is 4.74 Å². The maximum absolute atomic E-state index is 13.3. The number of ether oxygens (including phenoxy) is 1. The number of carbonyl (C=O) groups excluding carboxylic acids is 1. The van der Waals surface area contributed by atoms with Crippen LogP contribution in [-0.2, 0) is 0 Å². The second-order valence-electron chi connectivity index (χ2n) is 4.79. The molecule has 0 unspecified atom stereocenters. The molecule has 0 amide bonds. The Morgan fingerprint density at radius 2 is 1.71 bits per heavy atom. The van der Waals surface area contributed by atoms with Crippen molar-refractivity contribution in [3.05, 3.63) is 70.8 Å². The van der Waals surface area contributed by atoms with Crippen LogP contribution in [0.15, 0.2) is 48.0 Å². The minimum Gasteiger partial charge on any atom is -0.492 e.